The lowest BCUT2D eigenvalue weighted by atomic mass is 10.0. The summed E-state index contributed by atoms with van der Waals surface area (Å²) in [7, 11) is 0. The first-order valence-corrected chi connectivity index (χ1v) is 10.2. The second-order valence-electron chi connectivity index (χ2n) is 7.17. The molecule has 0 spiro atoms. The third kappa shape index (κ3) is 6.48. The number of aromatic amines is 1. The molecule has 176 valence electrons. The first kappa shape index (κ1) is 24.6. The molecule has 1 aromatic heterocycles. The van der Waals surface area contributed by atoms with Gasteiger partial charge < -0.3 is 15.3 Å². The Labute approximate surface area is 197 Å². The first-order chi connectivity index (χ1) is 16.1. The molecule has 0 saturated carbocycles. The van der Waals surface area contributed by atoms with Crippen molar-refractivity contribution in [2.45, 2.75) is 12.6 Å². The van der Waals surface area contributed by atoms with Crippen molar-refractivity contribution in [3.63, 3.8) is 0 Å². The molecule has 1 unspecified atom stereocenters. The van der Waals surface area contributed by atoms with E-state index in [2.05, 4.69) is 10.4 Å². The molecule has 0 radical (unpaired) electrons. The number of hydrogen-bond acceptors (Lipinski definition) is 7. The fraction of sp³-hybridized carbons (Fsp3) is 0.136. The second-order valence-corrected chi connectivity index (χ2v) is 7.61. The summed E-state index contributed by atoms with van der Waals surface area (Å²) in [5.74, 6) is -3.92. The molecule has 1 heterocycles. The van der Waals surface area contributed by atoms with Crippen LogP contribution < -0.4 is 11.1 Å². The van der Waals surface area contributed by atoms with Gasteiger partial charge in [-0.15, -0.1) is 0 Å². The summed E-state index contributed by atoms with van der Waals surface area (Å²) in [4.78, 5) is 51.8. The summed E-state index contributed by atoms with van der Waals surface area (Å²) in [6, 6.07) is 15.2. The van der Waals surface area contributed by atoms with Gasteiger partial charge >= 0.3 is 17.6 Å². The minimum atomic E-state index is -1.83. The molecule has 0 fully saturated rings. The van der Waals surface area contributed by atoms with Crippen molar-refractivity contribution in [3.05, 3.63) is 87.1 Å². The molecule has 3 rings (SSSR count). The van der Waals surface area contributed by atoms with Gasteiger partial charge in [-0.05, 0) is 28.8 Å². The maximum atomic E-state index is 12.6. The van der Waals surface area contributed by atoms with Crippen LogP contribution in [-0.2, 0) is 11.3 Å². The normalized spacial score (nSPS) is 11.7. The largest absolute Gasteiger partial charge is 0.479 e. The average molecular weight is 487 g/mol. The van der Waals surface area contributed by atoms with Crippen molar-refractivity contribution >= 4 is 29.4 Å². The van der Waals surface area contributed by atoms with E-state index in [0.717, 1.165) is 22.2 Å². The number of halogens is 1. The molecule has 0 aliphatic rings. The number of benzene rings is 2. The Bertz CT molecular complexity index is 1280. The maximum Gasteiger partial charge on any atom is 0.352 e. The van der Waals surface area contributed by atoms with Gasteiger partial charge in [0.25, 0.3) is 5.91 Å². The maximum absolute atomic E-state index is 12.6. The van der Waals surface area contributed by atoms with Crippen LogP contribution >= 0.6 is 11.6 Å². The molecule has 12 heteroatoms. The van der Waals surface area contributed by atoms with Crippen LogP contribution in [0.4, 0.5) is 0 Å². The zero-order valence-corrected chi connectivity index (χ0v) is 18.2. The van der Waals surface area contributed by atoms with Crippen LogP contribution in [0.25, 0.3) is 11.1 Å². The van der Waals surface area contributed by atoms with Crippen LogP contribution in [-0.4, -0.2) is 60.8 Å². The number of amides is 1. The first-order valence-electron chi connectivity index (χ1n) is 9.78. The van der Waals surface area contributed by atoms with Gasteiger partial charge in [0.15, 0.2) is 6.10 Å². The van der Waals surface area contributed by atoms with Crippen molar-refractivity contribution in [1.82, 2.24) is 20.4 Å². The summed E-state index contributed by atoms with van der Waals surface area (Å²) in [5, 5.41) is 29.6. The molecule has 34 heavy (non-hydrogen) atoms. The SMILES string of the molecule is O=C(NN(Cc1ccc(-c2cccc(Cl)c2)cc1)CC(O)C(=O)O)c1cc(C(=O)O)[nH]c(=O)n1. The van der Waals surface area contributed by atoms with Crippen LogP contribution in [0.3, 0.4) is 0 Å². The average Bonchev–Trinajstić information content (AvgIpc) is 2.79. The number of hydrogen-bond donors (Lipinski definition) is 5. The third-order valence-corrected chi connectivity index (χ3v) is 4.87. The fourth-order valence-electron chi connectivity index (χ4n) is 3.02. The predicted molar refractivity (Wildman–Crippen MR) is 120 cm³/mol. The van der Waals surface area contributed by atoms with Gasteiger partial charge in [-0.1, -0.05) is 48.0 Å². The molecule has 5 N–H and O–H groups in total. The lowest BCUT2D eigenvalue weighted by molar-refractivity contribution is -0.148. The number of nitrogens with zero attached hydrogens (tertiary/aromatic N) is 2. The minimum absolute atomic E-state index is 0.0130. The standard InChI is InChI=1S/C22H19ClN4O7/c23-15-3-1-2-14(8-15)13-6-4-12(5-7-13)10-27(11-18(28)21(32)33)26-19(29)16-9-17(20(30)31)25-22(34)24-16/h1-9,18,28H,10-11H2,(H,26,29)(H,30,31)(H,32,33)(H,24,25,34). The summed E-state index contributed by atoms with van der Waals surface area (Å²) < 4.78 is 0. The van der Waals surface area contributed by atoms with Crippen LogP contribution in [0.1, 0.15) is 26.5 Å². The second kappa shape index (κ2) is 10.7. The molecule has 0 saturated heterocycles. The number of aromatic nitrogens is 2. The van der Waals surface area contributed by atoms with Gasteiger partial charge in [0, 0.05) is 17.6 Å². The summed E-state index contributed by atoms with van der Waals surface area (Å²) >= 11 is 6.03. The molecule has 3 aromatic rings. The Morgan fingerprint density at radius 2 is 1.76 bits per heavy atom. The number of carboxylic acids is 2. The van der Waals surface area contributed by atoms with E-state index in [1.807, 2.05) is 29.2 Å². The van der Waals surface area contributed by atoms with Gasteiger partial charge in [-0.3, -0.25) is 15.2 Å². The van der Waals surface area contributed by atoms with E-state index in [4.69, 9.17) is 21.8 Å². The molecule has 0 aliphatic carbocycles. The lowest BCUT2D eigenvalue weighted by Gasteiger charge is -2.24. The van der Waals surface area contributed by atoms with Crippen LogP contribution in [0, 0.1) is 0 Å². The highest BCUT2D eigenvalue weighted by Crippen LogP contribution is 2.23. The zero-order chi connectivity index (χ0) is 24.8. The lowest BCUT2D eigenvalue weighted by Crippen LogP contribution is -2.47. The van der Waals surface area contributed by atoms with Crippen molar-refractivity contribution in [2.24, 2.45) is 0 Å². The van der Waals surface area contributed by atoms with E-state index in [9.17, 15) is 24.3 Å². The number of hydrazine groups is 1. The molecular formula is C22H19ClN4O7. The number of aliphatic hydroxyl groups is 1. The quantitative estimate of drug-likeness (QED) is 0.280. The van der Waals surface area contributed by atoms with E-state index in [0.29, 0.717) is 10.6 Å². The molecule has 1 amide bonds. The molecular weight excluding hydrogens is 468 g/mol. The Kier molecular flexibility index (Phi) is 7.74. The number of aliphatic hydroxyl groups excluding tert-OH is 1. The summed E-state index contributed by atoms with van der Waals surface area (Å²) in [6.45, 7) is -0.507. The molecule has 11 nitrogen and oxygen atoms in total. The molecule has 0 aliphatic heterocycles. The fourth-order valence-corrected chi connectivity index (χ4v) is 3.21. The van der Waals surface area contributed by atoms with Gasteiger partial charge in [-0.25, -0.2) is 19.4 Å². The number of aromatic carboxylic acids is 1. The molecule has 2 aromatic carbocycles. The number of nitrogens with one attached hydrogen (secondary N) is 2. The van der Waals surface area contributed by atoms with E-state index >= 15 is 0 Å². The van der Waals surface area contributed by atoms with Crippen molar-refractivity contribution in [3.8, 4) is 11.1 Å². The van der Waals surface area contributed by atoms with E-state index in [1.54, 1.807) is 24.3 Å². The number of carboxylic acid groups (broad SMARTS) is 2. The number of aliphatic carboxylic acids is 1. The number of carbonyl (C=O) groups excluding carboxylic acids is 1. The number of carbonyl (C=O) groups is 3. The minimum Gasteiger partial charge on any atom is -0.479 e. The van der Waals surface area contributed by atoms with Gasteiger partial charge in [0.2, 0.25) is 0 Å². The highest BCUT2D eigenvalue weighted by molar-refractivity contribution is 6.30. The third-order valence-electron chi connectivity index (χ3n) is 4.63. The van der Waals surface area contributed by atoms with Crippen molar-refractivity contribution in [2.75, 3.05) is 6.54 Å². The molecule has 0 bridgehead atoms. The van der Waals surface area contributed by atoms with Crippen molar-refractivity contribution in [1.29, 1.82) is 0 Å². The monoisotopic (exact) mass is 486 g/mol. The summed E-state index contributed by atoms with van der Waals surface area (Å²) in [5.41, 5.74) is 2.71. The van der Waals surface area contributed by atoms with Gasteiger partial charge in [-0.2, -0.15) is 4.98 Å². The van der Waals surface area contributed by atoms with Crippen LogP contribution in [0.5, 0.6) is 0 Å². The number of rotatable bonds is 9. The van der Waals surface area contributed by atoms with Gasteiger partial charge in [0.05, 0.1) is 6.54 Å². The zero-order valence-electron chi connectivity index (χ0n) is 17.4. The van der Waals surface area contributed by atoms with Crippen LogP contribution in [0.2, 0.25) is 5.02 Å². The highest BCUT2D eigenvalue weighted by Gasteiger charge is 2.22. The molecule has 1 atom stereocenters. The smallest absolute Gasteiger partial charge is 0.352 e. The predicted octanol–water partition coefficient (Wildman–Crippen LogP) is 1.38. The number of H-pyrrole nitrogens is 1. The summed E-state index contributed by atoms with van der Waals surface area (Å²) in [6.07, 6.45) is -1.83. The Balaban J connectivity index is 1.81. The topological polar surface area (TPSA) is 173 Å². The van der Waals surface area contributed by atoms with Crippen LogP contribution in [0.15, 0.2) is 59.4 Å². The van der Waals surface area contributed by atoms with E-state index in [1.165, 1.54) is 0 Å². The Morgan fingerprint density at radius 1 is 1.06 bits per heavy atom. The van der Waals surface area contributed by atoms with Crippen molar-refractivity contribution < 1.29 is 29.7 Å². The van der Waals surface area contributed by atoms with E-state index < -0.39 is 47.6 Å². The van der Waals surface area contributed by atoms with Gasteiger partial charge in [0.1, 0.15) is 11.4 Å². The Hall–Kier alpha value is -4.06. The van der Waals surface area contributed by atoms with E-state index in [-0.39, 0.29) is 6.54 Å². The Morgan fingerprint density at radius 3 is 2.38 bits per heavy atom. The highest BCUT2D eigenvalue weighted by atomic mass is 35.5.